The van der Waals surface area contributed by atoms with Crippen molar-refractivity contribution in [2.75, 3.05) is 45.8 Å². The summed E-state index contributed by atoms with van der Waals surface area (Å²) in [6.45, 7) is 15.8. The van der Waals surface area contributed by atoms with Crippen LogP contribution in [0.5, 0.6) is 0 Å². The van der Waals surface area contributed by atoms with Crippen molar-refractivity contribution in [1.82, 2.24) is 9.80 Å². The van der Waals surface area contributed by atoms with Crippen LogP contribution in [0.3, 0.4) is 0 Å². The van der Waals surface area contributed by atoms with Gasteiger partial charge >= 0.3 is 0 Å². The largest absolute Gasteiger partial charge is 0.389 e. The number of hydrogen-bond donors (Lipinski definition) is 2. The molecule has 1 unspecified atom stereocenters. The third kappa shape index (κ3) is 9.70. The number of rotatable bonds is 13. The van der Waals surface area contributed by atoms with E-state index in [9.17, 15) is 5.11 Å². The van der Waals surface area contributed by atoms with Crippen LogP contribution in [0.25, 0.3) is 0 Å². The Labute approximate surface area is 126 Å². The first-order chi connectivity index (χ1) is 9.49. The maximum atomic E-state index is 9.86. The predicted molar refractivity (Wildman–Crippen MR) is 88.0 cm³/mol. The molecule has 0 radical (unpaired) electrons. The highest BCUT2D eigenvalue weighted by molar-refractivity contribution is 4.73. The summed E-state index contributed by atoms with van der Waals surface area (Å²) in [5.41, 5.74) is 4.85. The molecule has 0 aromatic carbocycles. The molecule has 0 saturated heterocycles. The monoisotopic (exact) mass is 287 g/mol. The second kappa shape index (κ2) is 11.5. The lowest BCUT2D eigenvalue weighted by atomic mass is 9.99. The minimum atomic E-state index is -0.681. The predicted octanol–water partition coefficient (Wildman–Crippen LogP) is 1.92. The number of nitrogens with two attached hydrogens (primary N) is 1. The minimum absolute atomic E-state index is 0.356. The Morgan fingerprint density at radius 3 is 1.85 bits per heavy atom. The SMILES string of the molecule is CCN(CC)CCCN(CC)CCCCC(C)(O)CN. The van der Waals surface area contributed by atoms with E-state index >= 15 is 0 Å². The van der Waals surface area contributed by atoms with E-state index in [1.807, 2.05) is 6.92 Å². The lowest BCUT2D eigenvalue weighted by molar-refractivity contribution is 0.0564. The smallest absolute Gasteiger partial charge is 0.0741 e. The molecule has 0 aromatic rings. The molecular formula is C16H37N3O. The first kappa shape index (κ1) is 19.8. The summed E-state index contributed by atoms with van der Waals surface area (Å²) < 4.78 is 0. The van der Waals surface area contributed by atoms with E-state index < -0.39 is 5.60 Å². The highest BCUT2D eigenvalue weighted by Crippen LogP contribution is 2.12. The molecular weight excluding hydrogens is 250 g/mol. The fourth-order valence-electron chi connectivity index (χ4n) is 2.43. The standard InChI is InChI=1S/C16H37N3O/c1-5-18(6-2)13-10-14-19(7-3)12-9-8-11-16(4,20)15-17/h20H,5-15,17H2,1-4H3. The van der Waals surface area contributed by atoms with Gasteiger partial charge in [0.25, 0.3) is 0 Å². The van der Waals surface area contributed by atoms with E-state index in [1.165, 1.54) is 19.5 Å². The van der Waals surface area contributed by atoms with Gasteiger partial charge < -0.3 is 20.6 Å². The highest BCUT2D eigenvalue weighted by atomic mass is 16.3. The van der Waals surface area contributed by atoms with Crippen LogP contribution in [0.1, 0.15) is 53.4 Å². The third-order valence-corrected chi connectivity index (χ3v) is 4.17. The molecule has 0 bridgehead atoms. The van der Waals surface area contributed by atoms with Crippen molar-refractivity contribution in [1.29, 1.82) is 0 Å². The summed E-state index contributed by atoms with van der Waals surface area (Å²) in [7, 11) is 0. The summed E-state index contributed by atoms with van der Waals surface area (Å²) in [4.78, 5) is 4.99. The molecule has 0 spiro atoms. The molecule has 0 aliphatic rings. The van der Waals surface area contributed by atoms with E-state index in [0.29, 0.717) is 6.54 Å². The van der Waals surface area contributed by atoms with Crippen molar-refractivity contribution in [2.45, 2.75) is 59.0 Å². The van der Waals surface area contributed by atoms with Crippen molar-refractivity contribution >= 4 is 0 Å². The summed E-state index contributed by atoms with van der Waals surface area (Å²) in [6.07, 6.45) is 4.25. The Bertz CT molecular complexity index is 218. The van der Waals surface area contributed by atoms with E-state index in [4.69, 9.17) is 5.73 Å². The van der Waals surface area contributed by atoms with Crippen molar-refractivity contribution in [3.8, 4) is 0 Å². The quantitative estimate of drug-likeness (QED) is 0.508. The van der Waals surface area contributed by atoms with E-state index in [1.54, 1.807) is 0 Å². The van der Waals surface area contributed by atoms with Gasteiger partial charge in [-0.1, -0.05) is 20.8 Å². The highest BCUT2D eigenvalue weighted by Gasteiger charge is 2.16. The van der Waals surface area contributed by atoms with Gasteiger partial charge in [0.05, 0.1) is 5.60 Å². The first-order valence-corrected chi connectivity index (χ1v) is 8.36. The average molecular weight is 287 g/mol. The van der Waals surface area contributed by atoms with Crippen molar-refractivity contribution in [3.05, 3.63) is 0 Å². The van der Waals surface area contributed by atoms with Crippen molar-refractivity contribution in [3.63, 3.8) is 0 Å². The molecule has 0 fully saturated rings. The zero-order chi connectivity index (χ0) is 15.4. The molecule has 0 aromatic heterocycles. The Kier molecular flexibility index (Phi) is 11.4. The average Bonchev–Trinajstić information content (AvgIpc) is 2.45. The topological polar surface area (TPSA) is 52.7 Å². The fraction of sp³-hybridized carbons (Fsp3) is 1.00. The zero-order valence-electron chi connectivity index (χ0n) is 14.2. The molecule has 3 N–H and O–H groups in total. The van der Waals surface area contributed by atoms with Gasteiger partial charge in [-0.2, -0.15) is 0 Å². The summed E-state index contributed by atoms with van der Waals surface area (Å²) >= 11 is 0. The van der Waals surface area contributed by atoms with Crippen LogP contribution in [-0.4, -0.2) is 66.3 Å². The molecule has 0 saturated carbocycles. The Morgan fingerprint density at radius 2 is 1.35 bits per heavy atom. The maximum absolute atomic E-state index is 9.86. The van der Waals surface area contributed by atoms with Crippen LogP contribution in [-0.2, 0) is 0 Å². The molecule has 1 atom stereocenters. The van der Waals surface area contributed by atoms with Gasteiger partial charge in [-0.15, -0.1) is 0 Å². The van der Waals surface area contributed by atoms with Gasteiger partial charge in [-0.05, 0) is 71.9 Å². The van der Waals surface area contributed by atoms with Crippen molar-refractivity contribution in [2.24, 2.45) is 5.73 Å². The molecule has 4 heteroatoms. The lowest BCUT2D eigenvalue weighted by Gasteiger charge is -2.24. The Morgan fingerprint density at radius 1 is 0.850 bits per heavy atom. The van der Waals surface area contributed by atoms with Gasteiger partial charge in [-0.3, -0.25) is 0 Å². The normalized spacial score (nSPS) is 15.0. The fourth-order valence-corrected chi connectivity index (χ4v) is 2.43. The molecule has 0 aliphatic heterocycles. The van der Waals surface area contributed by atoms with Gasteiger partial charge in [0.15, 0.2) is 0 Å². The minimum Gasteiger partial charge on any atom is -0.389 e. The molecule has 122 valence electrons. The van der Waals surface area contributed by atoms with Crippen LogP contribution in [0, 0.1) is 0 Å². The first-order valence-electron chi connectivity index (χ1n) is 8.36. The van der Waals surface area contributed by atoms with Crippen LogP contribution in [0.2, 0.25) is 0 Å². The second-order valence-corrected chi connectivity index (χ2v) is 5.97. The number of aliphatic hydroxyl groups is 1. The van der Waals surface area contributed by atoms with Crippen LogP contribution < -0.4 is 5.73 Å². The second-order valence-electron chi connectivity index (χ2n) is 5.97. The maximum Gasteiger partial charge on any atom is 0.0741 e. The lowest BCUT2D eigenvalue weighted by Crippen LogP contribution is -2.34. The van der Waals surface area contributed by atoms with Crippen LogP contribution in [0.4, 0.5) is 0 Å². The van der Waals surface area contributed by atoms with E-state index in [0.717, 1.165) is 45.4 Å². The Balaban J connectivity index is 3.71. The number of nitrogens with zero attached hydrogens (tertiary/aromatic N) is 2. The zero-order valence-corrected chi connectivity index (χ0v) is 14.2. The summed E-state index contributed by atoms with van der Waals surface area (Å²) in [5.74, 6) is 0. The van der Waals surface area contributed by atoms with Gasteiger partial charge in [0, 0.05) is 6.54 Å². The van der Waals surface area contributed by atoms with Crippen LogP contribution in [0.15, 0.2) is 0 Å². The summed E-state index contributed by atoms with van der Waals surface area (Å²) in [6, 6.07) is 0. The Hall–Kier alpha value is -0.160. The number of hydrogen-bond acceptors (Lipinski definition) is 4. The molecule has 0 heterocycles. The molecule has 0 amide bonds. The molecule has 0 aliphatic carbocycles. The third-order valence-electron chi connectivity index (χ3n) is 4.17. The summed E-state index contributed by atoms with van der Waals surface area (Å²) in [5, 5.41) is 9.86. The van der Waals surface area contributed by atoms with Gasteiger partial charge in [0.1, 0.15) is 0 Å². The number of unbranched alkanes of at least 4 members (excludes halogenated alkanes) is 1. The van der Waals surface area contributed by atoms with E-state index in [-0.39, 0.29) is 0 Å². The molecule has 20 heavy (non-hydrogen) atoms. The van der Waals surface area contributed by atoms with Gasteiger partial charge in [-0.25, -0.2) is 0 Å². The van der Waals surface area contributed by atoms with Crippen LogP contribution >= 0.6 is 0 Å². The van der Waals surface area contributed by atoms with Gasteiger partial charge in [0.2, 0.25) is 0 Å². The van der Waals surface area contributed by atoms with Crippen molar-refractivity contribution < 1.29 is 5.11 Å². The molecule has 4 nitrogen and oxygen atoms in total. The molecule has 0 rings (SSSR count). The van der Waals surface area contributed by atoms with E-state index in [2.05, 4.69) is 30.6 Å².